The van der Waals surface area contributed by atoms with Gasteiger partial charge in [0.1, 0.15) is 5.75 Å². The lowest BCUT2D eigenvalue weighted by Crippen LogP contribution is -2.29. The number of hydrogen-bond donors (Lipinski definition) is 2. The van der Waals surface area contributed by atoms with Crippen LogP contribution in [0.3, 0.4) is 0 Å². The maximum Gasteiger partial charge on any atom is 0.245 e. The van der Waals surface area contributed by atoms with Crippen LogP contribution in [0.2, 0.25) is 0 Å². The number of allylic oxidation sites excluding steroid dienone is 1. The topological polar surface area (TPSA) is 63.3 Å². The third kappa shape index (κ3) is 3.62. The molecule has 0 spiro atoms. The summed E-state index contributed by atoms with van der Waals surface area (Å²) >= 11 is 0. The number of benzene rings is 1. The molecule has 3 nitrogen and oxygen atoms in total. The Morgan fingerprint density at radius 3 is 1.70 bits per heavy atom. The van der Waals surface area contributed by atoms with Crippen molar-refractivity contribution in [2.24, 2.45) is 16.6 Å². The van der Waals surface area contributed by atoms with Gasteiger partial charge in [0, 0.05) is 5.57 Å². The Labute approximate surface area is 121 Å². The second-order valence-electron chi connectivity index (χ2n) is 7.16. The van der Waals surface area contributed by atoms with Crippen LogP contribution in [-0.4, -0.2) is 11.0 Å². The van der Waals surface area contributed by atoms with Crippen molar-refractivity contribution in [3.8, 4) is 5.75 Å². The van der Waals surface area contributed by atoms with Crippen molar-refractivity contribution >= 4 is 11.5 Å². The monoisotopic (exact) mass is 275 g/mol. The van der Waals surface area contributed by atoms with Gasteiger partial charge in [-0.2, -0.15) is 0 Å². The SMILES string of the molecule is CC(C)(C)C(C(N)=O)=C(c1ccc(O)cc1)C(C)(C)C. The molecule has 0 heterocycles. The van der Waals surface area contributed by atoms with Crippen molar-refractivity contribution in [1.82, 2.24) is 0 Å². The van der Waals surface area contributed by atoms with Crippen molar-refractivity contribution in [2.75, 3.05) is 0 Å². The second kappa shape index (κ2) is 5.31. The molecule has 110 valence electrons. The average molecular weight is 275 g/mol. The molecule has 0 aliphatic rings. The lowest BCUT2D eigenvalue weighted by atomic mass is 9.72. The first-order valence-electron chi connectivity index (χ1n) is 6.79. The summed E-state index contributed by atoms with van der Waals surface area (Å²) in [4.78, 5) is 12.0. The van der Waals surface area contributed by atoms with Crippen LogP contribution < -0.4 is 5.73 Å². The zero-order chi connectivity index (χ0) is 15.7. The van der Waals surface area contributed by atoms with Crippen molar-refractivity contribution < 1.29 is 9.90 Å². The van der Waals surface area contributed by atoms with Crippen LogP contribution in [0, 0.1) is 10.8 Å². The van der Waals surface area contributed by atoms with Gasteiger partial charge in [-0.1, -0.05) is 53.7 Å². The van der Waals surface area contributed by atoms with Crippen LogP contribution in [0.1, 0.15) is 47.1 Å². The summed E-state index contributed by atoms with van der Waals surface area (Å²) < 4.78 is 0. The van der Waals surface area contributed by atoms with Gasteiger partial charge in [-0.05, 0) is 34.1 Å². The van der Waals surface area contributed by atoms with Gasteiger partial charge in [0.15, 0.2) is 0 Å². The molecular weight excluding hydrogens is 250 g/mol. The van der Waals surface area contributed by atoms with Gasteiger partial charge in [0.05, 0.1) is 0 Å². The van der Waals surface area contributed by atoms with E-state index in [1.807, 2.05) is 32.9 Å². The molecule has 0 saturated carbocycles. The Balaban J connectivity index is 3.69. The fourth-order valence-electron chi connectivity index (χ4n) is 2.45. The molecule has 1 aromatic carbocycles. The van der Waals surface area contributed by atoms with Gasteiger partial charge < -0.3 is 10.8 Å². The standard InChI is InChI=1S/C17H25NO2/c1-16(2,3)13(11-7-9-12(19)10-8-11)14(15(18)20)17(4,5)6/h7-10,19H,1-6H3,(H2,18,20). The normalized spacial score (nSPS) is 13.9. The van der Waals surface area contributed by atoms with Gasteiger partial charge in [0.25, 0.3) is 0 Å². The minimum atomic E-state index is -0.393. The number of rotatable bonds is 2. The summed E-state index contributed by atoms with van der Waals surface area (Å²) in [5.74, 6) is -0.186. The fraction of sp³-hybridized carbons (Fsp3) is 0.471. The first-order chi connectivity index (χ1) is 8.94. The number of carbonyl (C=O) groups excluding carboxylic acids is 1. The average Bonchev–Trinajstić information content (AvgIpc) is 2.23. The third-order valence-corrected chi connectivity index (χ3v) is 3.15. The van der Waals surface area contributed by atoms with Crippen LogP contribution in [0.5, 0.6) is 5.75 Å². The number of nitrogens with two attached hydrogens (primary N) is 1. The predicted molar refractivity (Wildman–Crippen MR) is 83.1 cm³/mol. The highest BCUT2D eigenvalue weighted by Gasteiger charge is 2.32. The number of primary amides is 1. The highest BCUT2D eigenvalue weighted by molar-refractivity contribution is 6.02. The first kappa shape index (κ1) is 16.3. The lowest BCUT2D eigenvalue weighted by Gasteiger charge is -2.32. The third-order valence-electron chi connectivity index (χ3n) is 3.15. The number of amides is 1. The molecule has 0 unspecified atom stereocenters. The van der Waals surface area contributed by atoms with E-state index in [9.17, 15) is 9.90 Å². The largest absolute Gasteiger partial charge is 0.508 e. The number of carbonyl (C=O) groups is 1. The highest BCUT2D eigenvalue weighted by Crippen LogP contribution is 2.42. The molecule has 0 bridgehead atoms. The van der Waals surface area contributed by atoms with Crippen molar-refractivity contribution in [3.05, 3.63) is 35.4 Å². The van der Waals surface area contributed by atoms with E-state index in [1.165, 1.54) is 0 Å². The quantitative estimate of drug-likeness (QED) is 0.808. The van der Waals surface area contributed by atoms with Crippen LogP contribution in [-0.2, 0) is 4.79 Å². The Morgan fingerprint density at radius 1 is 0.950 bits per heavy atom. The maximum absolute atomic E-state index is 12.0. The molecular formula is C17H25NO2. The molecule has 20 heavy (non-hydrogen) atoms. The van der Waals surface area contributed by atoms with E-state index in [1.54, 1.807) is 12.1 Å². The zero-order valence-electron chi connectivity index (χ0n) is 13.2. The molecule has 3 N–H and O–H groups in total. The minimum absolute atomic E-state index is 0.207. The Hall–Kier alpha value is -1.77. The molecule has 3 heteroatoms. The van der Waals surface area contributed by atoms with Crippen LogP contribution in [0.4, 0.5) is 0 Å². The predicted octanol–water partition coefficient (Wildman–Crippen LogP) is 3.72. The lowest BCUT2D eigenvalue weighted by molar-refractivity contribution is -0.115. The zero-order valence-corrected chi connectivity index (χ0v) is 13.2. The smallest absolute Gasteiger partial charge is 0.245 e. The van der Waals surface area contributed by atoms with E-state index in [4.69, 9.17) is 5.73 Å². The molecule has 0 atom stereocenters. The van der Waals surface area contributed by atoms with Crippen molar-refractivity contribution in [3.63, 3.8) is 0 Å². The molecule has 1 amide bonds. The van der Waals surface area contributed by atoms with E-state index in [2.05, 4.69) is 20.8 Å². The number of phenolic OH excluding ortho intramolecular Hbond substituents is 1. The van der Waals surface area contributed by atoms with Gasteiger partial charge >= 0.3 is 0 Å². The molecule has 0 saturated heterocycles. The summed E-state index contributed by atoms with van der Waals surface area (Å²) in [6.45, 7) is 12.1. The summed E-state index contributed by atoms with van der Waals surface area (Å²) in [7, 11) is 0. The summed E-state index contributed by atoms with van der Waals surface area (Å²) in [6.07, 6.45) is 0. The molecule has 1 aromatic rings. The van der Waals surface area contributed by atoms with E-state index in [0.29, 0.717) is 5.57 Å². The Kier molecular flexibility index (Phi) is 4.33. The van der Waals surface area contributed by atoms with Crippen molar-refractivity contribution in [2.45, 2.75) is 41.5 Å². The summed E-state index contributed by atoms with van der Waals surface area (Å²) in [5.41, 5.74) is 7.55. The van der Waals surface area contributed by atoms with E-state index in [-0.39, 0.29) is 16.6 Å². The van der Waals surface area contributed by atoms with Gasteiger partial charge in [0.2, 0.25) is 5.91 Å². The first-order valence-corrected chi connectivity index (χ1v) is 6.79. The fourth-order valence-corrected chi connectivity index (χ4v) is 2.45. The van der Waals surface area contributed by atoms with Crippen LogP contribution in [0.25, 0.3) is 5.57 Å². The van der Waals surface area contributed by atoms with Gasteiger partial charge in [-0.15, -0.1) is 0 Å². The molecule has 0 aliphatic heterocycles. The maximum atomic E-state index is 12.0. The van der Waals surface area contributed by atoms with E-state index in [0.717, 1.165) is 11.1 Å². The highest BCUT2D eigenvalue weighted by atomic mass is 16.3. The molecule has 0 radical (unpaired) electrons. The molecule has 1 rings (SSSR count). The Bertz CT molecular complexity index is 526. The molecule has 0 fully saturated rings. The molecule has 0 aliphatic carbocycles. The molecule has 0 aromatic heterocycles. The summed E-state index contributed by atoms with van der Waals surface area (Å²) in [5, 5.41) is 9.44. The number of hydrogen-bond acceptors (Lipinski definition) is 2. The van der Waals surface area contributed by atoms with E-state index < -0.39 is 5.91 Å². The summed E-state index contributed by atoms with van der Waals surface area (Å²) in [6, 6.07) is 6.90. The van der Waals surface area contributed by atoms with Crippen LogP contribution in [0.15, 0.2) is 29.8 Å². The number of phenols is 1. The van der Waals surface area contributed by atoms with Crippen LogP contribution >= 0.6 is 0 Å². The van der Waals surface area contributed by atoms with E-state index >= 15 is 0 Å². The minimum Gasteiger partial charge on any atom is -0.508 e. The van der Waals surface area contributed by atoms with Crippen molar-refractivity contribution in [1.29, 1.82) is 0 Å². The Morgan fingerprint density at radius 2 is 1.40 bits per heavy atom. The van der Waals surface area contributed by atoms with Gasteiger partial charge in [-0.3, -0.25) is 4.79 Å². The van der Waals surface area contributed by atoms with Gasteiger partial charge in [-0.25, -0.2) is 0 Å². The second-order valence-corrected chi connectivity index (χ2v) is 7.16. The number of aromatic hydroxyl groups is 1.